The molecule has 0 fully saturated rings. The van der Waals surface area contributed by atoms with Gasteiger partial charge in [0.15, 0.2) is 0 Å². The van der Waals surface area contributed by atoms with Crippen molar-refractivity contribution < 1.29 is 9.53 Å². The molecule has 2 aromatic carbocycles. The third-order valence-electron chi connectivity index (χ3n) is 3.37. The molecule has 3 heteroatoms. The van der Waals surface area contributed by atoms with Crippen molar-refractivity contribution in [3.8, 4) is 0 Å². The summed E-state index contributed by atoms with van der Waals surface area (Å²) in [7, 11) is 0. The van der Waals surface area contributed by atoms with Crippen LogP contribution in [0.2, 0.25) is 0 Å². The van der Waals surface area contributed by atoms with Gasteiger partial charge >= 0.3 is 5.97 Å². The number of hydrogen-bond acceptors (Lipinski definition) is 3. The average Bonchev–Trinajstić information content (AvgIpc) is 2.77. The molecule has 0 amide bonds. The van der Waals surface area contributed by atoms with E-state index in [0.29, 0.717) is 5.56 Å². The van der Waals surface area contributed by atoms with Gasteiger partial charge < -0.3 is 10.1 Å². The van der Waals surface area contributed by atoms with Crippen LogP contribution < -0.4 is 5.32 Å². The number of nitrogens with one attached hydrogen (secondary N) is 1. The number of para-hydroxylation sites is 1. The number of ether oxygens (including phenoxy) is 1. The second kappa shape index (κ2) is 4.76. The number of rotatable bonds is 3. The molecule has 0 unspecified atom stereocenters. The number of carbonyl (C=O) groups is 1. The molecule has 1 atom stereocenters. The van der Waals surface area contributed by atoms with Gasteiger partial charge in [0.1, 0.15) is 0 Å². The van der Waals surface area contributed by atoms with Crippen LogP contribution in [0, 0.1) is 0 Å². The molecule has 2 aromatic rings. The Morgan fingerprint density at radius 2 is 1.84 bits per heavy atom. The normalized spacial score (nSPS) is 16.9. The van der Waals surface area contributed by atoms with E-state index in [-0.39, 0.29) is 5.97 Å². The summed E-state index contributed by atoms with van der Waals surface area (Å²) in [4.78, 5) is 11.8. The van der Waals surface area contributed by atoms with Crippen molar-refractivity contribution in [3.05, 3.63) is 65.2 Å². The van der Waals surface area contributed by atoms with Crippen LogP contribution in [0.25, 0.3) is 0 Å². The second-order valence-corrected chi connectivity index (χ2v) is 4.53. The zero-order valence-corrected chi connectivity index (χ0v) is 10.7. The highest BCUT2D eigenvalue weighted by Gasteiger charge is 2.30. The lowest BCUT2D eigenvalue weighted by atomic mass is 10.1. The first-order valence-corrected chi connectivity index (χ1v) is 6.44. The number of anilines is 1. The van der Waals surface area contributed by atoms with E-state index in [1.54, 1.807) is 6.07 Å². The Morgan fingerprint density at radius 3 is 2.68 bits per heavy atom. The van der Waals surface area contributed by atoms with Crippen molar-refractivity contribution in [1.29, 1.82) is 0 Å². The van der Waals surface area contributed by atoms with Gasteiger partial charge in [0, 0.05) is 11.3 Å². The summed E-state index contributed by atoms with van der Waals surface area (Å²) in [6.45, 7) is 2.11. The average molecular weight is 253 g/mol. The van der Waals surface area contributed by atoms with E-state index in [2.05, 4.69) is 18.3 Å². The van der Waals surface area contributed by atoms with Crippen molar-refractivity contribution in [2.24, 2.45) is 0 Å². The minimum atomic E-state index is -0.392. The van der Waals surface area contributed by atoms with Crippen LogP contribution in [0.1, 0.15) is 34.6 Å². The molecule has 1 aliphatic heterocycles. The molecule has 0 radical (unpaired) electrons. The van der Waals surface area contributed by atoms with E-state index in [4.69, 9.17) is 4.74 Å². The van der Waals surface area contributed by atoms with Gasteiger partial charge in [-0.15, -0.1) is 0 Å². The van der Waals surface area contributed by atoms with Gasteiger partial charge in [0.2, 0.25) is 6.23 Å². The van der Waals surface area contributed by atoms with Crippen LogP contribution in [0.15, 0.2) is 48.5 Å². The fraction of sp³-hybridized carbons (Fsp3) is 0.188. The molecule has 0 bridgehead atoms. The molecular formula is C16H15NO2. The van der Waals surface area contributed by atoms with Crippen LogP contribution in [-0.4, -0.2) is 5.97 Å². The summed E-state index contributed by atoms with van der Waals surface area (Å²) in [6, 6.07) is 15.6. The molecule has 1 heterocycles. The first-order valence-electron chi connectivity index (χ1n) is 6.44. The summed E-state index contributed by atoms with van der Waals surface area (Å²) >= 11 is 0. The highest BCUT2D eigenvalue weighted by molar-refractivity contribution is 5.94. The molecule has 0 saturated heterocycles. The number of esters is 1. The van der Waals surface area contributed by atoms with Gasteiger partial charge in [-0.05, 0) is 24.1 Å². The van der Waals surface area contributed by atoms with Crippen LogP contribution in [0.5, 0.6) is 0 Å². The molecular weight excluding hydrogens is 238 g/mol. The van der Waals surface area contributed by atoms with Crippen molar-refractivity contribution in [1.82, 2.24) is 0 Å². The Bertz CT molecular complexity index is 622. The molecule has 3 nitrogen and oxygen atoms in total. The summed E-state index contributed by atoms with van der Waals surface area (Å²) in [5, 5.41) is 3.30. The Hall–Kier alpha value is -2.29. The molecule has 19 heavy (non-hydrogen) atoms. The highest BCUT2D eigenvalue weighted by atomic mass is 16.6. The Labute approximate surface area is 112 Å². The molecule has 0 aliphatic carbocycles. The van der Waals surface area contributed by atoms with Gasteiger partial charge in [0.25, 0.3) is 0 Å². The van der Waals surface area contributed by atoms with Gasteiger partial charge in [0.05, 0.1) is 5.56 Å². The van der Waals surface area contributed by atoms with E-state index in [1.807, 2.05) is 36.4 Å². The minimum absolute atomic E-state index is 0.262. The minimum Gasteiger partial charge on any atom is -0.434 e. The number of fused-ring (bicyclic) bond motifs is 1. The Kier molecular flexibility index (Phi) is 2.95. The fourth-order valence-corrected chi connectivity index (χ4v) is 2.36. The number of hydrogen-bond donors (Lipinski definition) is 1. The third kappa shape index (κ3) is 2.08. The number of aryl methyl sites for hydroxylation is 1. The summed E-state index contributed by atoms with van der Waals surface area (Å²) in [6.07, 6.45) is 0.544. The van der Waals surface area contributed by atoms with E-state index < -0.39 is 6.23 Å². The quantitative estimate of drug-likeness (QED) is 0.850. The monoisotopic (exact) mass is 253 g/mol. The number of benzene rings is 2. The van der Waals surface area contributed by atoms with E-state index in [9.17, 15) is 4.79 Å². The van der Waals surface area contributed by atoms with Gasteiger partial charge in [-0.1, -0.05) is 43.3 Å². The maximum absolute atomic E-state index is 11.8. The Balaban J connectivity index is 1.91. The molecule has 1 N–H and O–H groups in total. The predicted octanol–water partition coefficient (Wildman–Crippen LogP) is 3.53. The number of cyclic esters (lactones) is 1. The van der Waals surface area contributed by atoms with Crippen molar-refractivity contribution >= 4 is 11.7 Å². The maximum atomic E-state index is 11.8. The molecule has 3 rings (SSSR count). The third-order valence-corrected chi connectivity index (χ3v) is 3.37. The van der Waals surface area contributed by atoms with Crippen LogP contribution >= 0.6 is 0 Å². The van der Waals surface area contributed by atoms with Gasteiger partial charge in [-0.25, -0.2) is 4.79 Å². The number of carbonyl (C=O) groups excluding carboxylic acids is 1. The van der Waals surface area contributed by atoms with Crippen LogP contribution in [0.4, 0.5) is 5.69 Å². The largest absolute Gasteiger partial charge is 0.434 e. The lowest BCUT2D eigenvalue weighted by Crippen LogP contribution is -2.11. The molecule has 0 saturated carbocycles. The second-order valence-electron chi connectivity index (χ2n) is 4.53. The van der Waals surface area contributed by atoms with Crippen molar-refractivity contribution in [2.45, 2.75) is 19.6 Å². The first-order chi connectivity index (χ1) is 9.29. The maximum Gasteiger partial charge on any atom is 0.340 e. The van der Waals surface area contributed by atoms with Crippen molar-refractivity contribution in [2.75, 3.05) is 5.32 Å². The Morgan fingerprint density at radius 1 is 1.11 bits per heavy atom. The first kappa shape index (κ1) is 11.8. The lowest BCUT2D eigenvalue weighted by molar-refractivity contribution is 0.0437. The highest BCUT2D eigenvalue weighted by Crippen LogP contribution is 2.32. The zero-order chi connectivity index (χ0) is 13.2. The standard InChI is InChI=1S/C16H15NO2/c1-2-11-7-3-6-10-14(11)17-15-12-8-4-5-9-13(12)16(18)19-15/h3-10,15,17H,2H2,1H3/t15-/m1/s1. The zero-order valence-electron chi connectivity index (χ0n) is 10.7. The predicted molar refractivity (Wildman–Crippen MR) is 74.0 cm³/mol. The summed E-state index contributed by atoms with van der Waals surface area (Å²) < 4.78 is 5.39. The smallest absolute Gasteiger partial charge is 0.340 e. The van der Waals surface area contributed by atoms with E-state index in [0.717, 1.165) is 17.7 Å². The van der Waals surface area contributed by atoms with Crippen LogP contribution in [0.3, 0.4) is 0 Å². The van der Waals surface area contributed by atoms with Crippen molar-refractivity contribution in [3.63, 3.8) is 0 Å². The van der Waals surface area contributed by atoms with Gasteiger partial charge in [-0.2, -0.15) is 0 Å². The van der Waals surface area contributed by atoms with E-state index in [1.165, 1.54) is 5.56 Å². The molecule has 0 spiro atoms. The topological polar surface area (TPSA) is 38.3 Å². The lowest BCUT2D eigenvalue weighted by Gasteiger charge is -2.16. The van der Waals surface area contributed by atoms with Gasteiger partial charge in [-0.3, -0.25) is 0 Å². The molecule has 1 aliphatic rings. The summed E-state index contributed by atoms with van der Waals surface area (Å²) in [5.74, 6) is -0.262. The van der Waals surface area contributed by atoms with E-state index >= 15 is 0 Å². The fourth-order valence-electron chi connectivity index (χ4n) is 2.36. The van der Waals surface area contributed by atoms with Crippen LogP contribution in [-0.2, 0) is 11.2 Å². The molecule has 96 valence electrons. The summed E-state index contributed by atoms with van der Waals surface area (Å²) in [5.41, 5.74) is 3.77. The SMILES string of the molecule is CCc1ccccc1N[C@@H]1OC(=O)c2ccccc21. The molecule has 0 aromatic heterocycles.